The van der Waals surface area contributed by atoms with Crippen molar-refractivity contribution in [2.75, 3.05) is 0 Å². The Balaban J connectivity index is 1.20. The van der Waals surface area contributed by atoms with E-state index in [1.54, 1.807) is 0 Å². The molecule has 0 aliphatic heterocycles. The molecule has 8 rings (SSSR count). The van der Waals surface area contributed by atoms with Crippen molar-refractivity contribution in [3.63, 3.8) is 0 Å². The van der Waals surface area contributed by atoms with E-state index in [0.717, 1.165) is 27.8 Å². The van der Waals surface area contributed by atoms with Crippen LogP contribution >= 0.6 is 11.3 Å². The van der Waals surface area contributed by atoms with Gasteiger partial charge in [-0.15, -0.1) is 11.3 Å². The van der Waals surface area contributed by atoms with Crippen LogP contribution in [-0.4, -0.2) is 4.98 Å². The lowest BCUT2D eigenvalue weighted by Gasteiger charge is -2.10. The molecule has 6 aromatic carbocycles. The molecule has 40 heavy (non-hydrogen) atoms. The lowest BCUT2D eigenvalue weighted by molar-refractivity contribution is 0.621. The summed E-state index contributed by atoms with van der Waals surface area (Å²) in [5, 5.41) is 2.63. The number of hydrogen-bond donors (Lipinski definition) is 0. The second-order valence-corrected chi connectivity index (χ2v) is 11.0. The molecular formula is C37H23NOS. The van der Waals surface area contributed by atoms with Crippen LogP contribution < -0.4 is 0 Å². The Kier molecular flexibility index (Phi) is 5.35. The highest BCUT2D eigenvalue weighted by atomic mass is 32.1. The van der Waals surface area contributed by atoms with Crippen molar-refractivity contribution in [1.29, 1.82) is 0 Å². The first-order valence-electron chi connectivity index (χ1n) is 13.4. The van der Waals surface area contributed by atoms with E-state index in [1.807, 2.05) is 23.5 Å². The number of aromatic nitrogens is 1. The number of para-hydroxylation sites is 1. The largest absolute Gasteiger partial charge is 0.435 e. The van der Waals surface area contributed by atoms with E-state index >= 15 is 0 Å². The van der Waals surface area contributed by atoms with Gasteiger partial charge >= 0.3 is 0 Å². The zero-order valence-corrected chi connectivity index (χ0v) is 22.4. The topological polar surface area (TPSA) is 26.0 Å². The summed E-state index contributed by atoms with van der Waals surface area (Å²) < 4.78 is 9.11. The Morgan fingerprint density at radius 1 is 0.450 bits per heavy atom. The second-order valence-electron chi connectivity index (χ2n) is 9.94. The summed E-state index contributed by atoms with van der Waals surface area (Å²) in [5.41, 5.74) is 9.60. The van der Waals surface area contributed by atoms with E-state index in [-0.39, 0.29) is 0 Å². The molecule has 0 saturated heterocycles. The molecule has 2 aromatic heterocycles. The normalized spacial score (nSPS) is 11.5. The lowest BCUT2D eigenvalue weighted by Crippen LogP contribution is -1.85. The molecule has 0 aliphatic rings. The van der Waals surface area contributed by atoms with Crippen LogP contribution in [0.4, 0.5) is 0 Å². The van der Waals surface area contributed by atoms with Gasteiger partial charge in [0.15, 0.2) is 5.58 Å². The van der Waals surface area contributed by atoms with Gasteiger partial charge in [-0.25, -0.2) is 4.98 Å². The average Bonchev–Trinajstić information content (AvgIpc) is 3.64. The van der Waals surface area contributed by atoms with Crippen LogP contribution in [0, 0.1) is 0 Å². The summed E-state index contributed by atoms with van der Waals surface area (Å²) in [6, 6.07) is 49.0. The van der Waals surface area contributed by atoms with Crippen LogP contribution in [0.1, 0.15) is 0 Å². The Hall–Kier alpha value is -4.99. The van der Waals surface area contributed by atoms with Gasteiger partial charge in [-0.1, -0.05) is 115 Å². The highest BCUT2D eigenvalue weighted by Crippen LogP contribution is 2.41. The summed E-state index contributed by atoms with van der Waals surface area (Å²) in [4.78, 5) is 4.89. The van der Waals surface area contributed by atoms with Gasteiger partial charge in [0, 0.05) is 31.3 Å². The van der Waals surface area contributed by atoms with Crippen molar-refractivity contribution in [1.82, 2.24) is 4.98 Å². The molecule has 3 heteroatoms. The molecule has 0 radical (unpaired) electrons. The van der Waals surface area contributed by atoms with Gasteiger partial charge in [-0.3, -0.25) is 0 Å². The molecular weight excluding hydrogens is 506 g/mol. The second kappa shape index (κ2) is 9.33. The van der Waals surface area contributed by atoms with Gasteiger partial charge in [-0.05, 0) is 52.1 Å². The van der Waals surface area contributed by atoms with Crippen molar-refractivity contribution >= 4 is 42.6 Å². The predicted molar refractivity (Wildman–Crippen MR) is 169 cm³/mol. The summed E-state index contributed by atoms with van der Waals surface area (Å²) in [6.07, 6.45) is 0. The first-order chi connectivity index (χ1) is 19.8. The minimum Gasteiger partial charge on any atom is -0.435 e. The van der Waals surface area contributed by atoms with Crippen molar-refractivity contribution in [2.45, 2.75) is 0 Å². The highest BCUT2D eigenvalue weighted by Gasteiger charge is 2.16. The van der Waals surface area contributed by atoms with E-state index in [2.05, 4.69) is 127 Å². The fraction of sp³-hybridized carbons (Fsp3) is 0. The molecule has 0 bridgehead atoms. The maximum atomic E-state index is 6.48. The zero-order chi connectivity index (χ0) is 26.5. The molecule has 0 spiro atoms. The Morgan fingerprint density at radius 3 is 1.95 bits per heavy atom. The molecule has 8 aromatic rings. The van der Waals surface area contributed by atoms with Gasteiger partial charge in [0.25, 0.3) is 0 Å². The van der Waals surface area contributed by atoms with Crippen LogP contribution in [0.3, 0.4) is 0 Å². The van der Waals surface area contributed by atoms with Crippen molar-refractivity contribution in [3.8, 4) is 44.8 Å². The quantitative estimate of drug-likeness (QED) is 0.227. The fourth-order valence-electron chi connectivity index (χ4n) is 5.64. The molecule has 2 nitrogen and oxygen atoms in total. The van der Waals surface area contributed by atoms with Crippen molar-refractivity contribution in [2.24, 2.45) is 0 Å². The van der Waals surface area contributed by atoms with Crippen molar-refractivity contribution in [3.05, 3.63) is 140 Å². The van der Waals surface area contributed by atoms with Gasteiger partial charge < -0.3 is 4.42 Å². The molecule has 0 N–H and O–H groups in total. The van der Waals surface area contributed by atoms with Crippen LogP contribution in [0.5, 0.6) is 0 Å². The Bertz CT molecular complexity index is 2150. The number of fused-ring (bicyclic) bond motifs is 4. The molecule has 188 valence electrons. The average molecular weight is 530 g/mol. The van der Waals surface area contributed by atoms with Crippen LogP contribution in [0.25, 0.3) is 76.1 Å². The predicted octanol–water partition coefficient (Wildman–Crippen LogP) is 10.9. The van der Waals surface area contributed by atoms with E-state index in [1.165, 1.54) is 42.4 Å². The van der Waals surface area contributed by atoms with Gasteiger partial charge in [-0.2, -0.15) is 0 Å². The number of oxazole rings is 1. The Labute approximate surface area is 235 Å². The first kappa shape index (κ1) is 22.9. The monoisotopic (exact) mass is 529 g/mol. The van der Waals surface area contributed by atoms with Gasteiger partial charge in [0.1, 0.15) is 5.52 Å². The zero-order valence-electron chi connectivity index (χ0n) is 21.5. The highest BCUT2D eigenvalue weighted by molar-refractivity contribution is 7.26. The summed E-state index contributed by atoms with van der Waals surface area (Å²) >= 11 is 1.85. The van der Waals surface area contributed by atoms with Crippen molar-refractivity contribution < 1.29 is 4.42 Å². The van der Waals surface area contributed by atoms with E-state index in [4.69, 9.17) is 9.40 Å². The lowest BCUT2D eigenvalue weighted by atomic mass is 9.94. The summed E-state index contributed by atoms with van der Waals surface area (Å²) in [7, 11) is 0. The summed E-state index contributed by atoms with van der Waals surface area (Å²) in [6.45, 7) is 0. The molecule has 0 aliphatic carbocycles. The van der Waals surface area contributed by atoms with Crippen LogP contribution in [-0.2, 0) is 0 Å². The molecule has 0 saturated carbocycles. The maximum absolute atomic E-state index is 6.48. The number of thiophene rings is 1. The number of nitrogens with zero attached hydrogens (tertiary/aromatic N) is 1. The van der Waals surface area contributed by atoms with Crippen LogP contribution in [0.2, 0.25) is 0 Å². The van der Waals surface area contributed by atoms with Gasteiger partial charge in [0.2, 0.25) is 5.89 Å². The van der Waals surface area contributed by atoms with E-state index in [0.29, 0.717) is 5.89 Å². The van der Waals surface area contributed by atoms with Crippen LogP contribution in [0.15, 0.2) is 144 Å². The molecule has 2 heterocycles. The number of hydrogen-bond acceptors (Lipinski definition) is 3. The first-order valence-corrected chi connectivity index (χ1v) is 14.2. The van der Waals surface area contributed by atoms with E-state index < -0.39 is 0 Å². The SMILES string of the molecule is c1ccc(-c2ccccc2-c2cccc3nc(-c4ccc(-c5cccc6c5sc5ccccc56)cc4)oc23)cc1. The third-order valence-corrected chi connectivity index (χ3v) is 8.78. The molecule has 0 fully saturated rings. The standard InChI is InChI=1S/C37H23NOS/c1-2-10-24(11-3-1)27-12-4-5-13-29(27)31-16-9-18-33-35(31)39-37(38-33)26-22-20-25(21-23-26)28-15-8-17-32-30-14-6-7-19-34(30)40-36(28)32/h1-23H. The third-order valence-electron chi connectivity index (χ3n) is 7.56. The minimum atomic E-state index is 0.631. The molecule has 0 atom stereocenters. The third kappa shape index (κ3) is 3.75. The minimum absolute atomic E-state index is 0.631. The Morgan fingerprint density at radius 2 is 1.07 bits per heavy atom. The van der Waals surface area contributed by atoms with E-state index in [9.17, 15) is 0 Å². The number of benzene rings is 6. The molecule has 0 unspecified atom stereocenters. The maximum Gasteiger partial charge on any atom is 0.227 e. The van der Waals surface area contributed by atoms with Gasteiger partial charge in [0.05, 0.1) is 0 Å². The smallest absolute Gasteiger partial charge is 0.227 e. The number of rotatable bonds is 4. The summed E-state index contributed by atoms with van der Waals surface area (Å²) in [5.74, 6) is 0.631. The molecule has 0 amide bonds. The fourth-order valence-corrected chi connectivity index (χ4v) is 6.88.